The zero-order chi connectivity index (χ0) is 11.0. The van der Waals surface area contributed by atoms with Gasteiger partial charge in [0.15, 0.2) is 9.84 Å². The summed E-state index contributed by atoms with van der Waals surface area (Å²) in [6.45, 7) is 2.78. The normalized spacial score (nSPS) is 19.9. The highest BCUT2D eigenvalue weighted by molar-refractivity contribution is 7.94. The molecule has 0 bridgehead atoms. The topological polar surface area (TPSA) is 77.2 Å². The third kappa shape index (κ3) is 1.65. The molecule has 0 aromatic heterocycles. The molecule has 0 saturated heterocycles. The summed E-state index contributed by atoms with van der Waals surface area (Å²) in [7, 11) is -3.41. The molecule has 0 radical (unpaired) electrons. The van der Waals surface area contributed by atoms with Crippen LogP contribution in [0.1, 0.15) is 39.5 Å². The quantitative estimate of drug-likeness (QED) is 0.755. The van der Waals surface area contributed by atoms with Gasteiger partial charge in [0.05, 0.1) is 5.25 Å². The number of primary amides is 1. The SMILES string of the molecule is CC(C)(C(N)=O)S(=O)(=O)C1CCCC1. The Labute approximate surface area is 84.8 Å². The van der Waals surface area contributed by atoms with Gasteiger partial charge in [-0.25, -0.2) is 8.42 Å². The molecule has 1 amide bonds. The molecule has 1 aliphatic rings. The van der Waals surface area contributed by atoms with Gasteiger partial charge in [-0.1, -0.05) is 12.8 Å². The van der Waals surface area contributed by atoms with Crippen molar-refractivity contribution in [2.24, 2.45) is 5.73 Å². The fourth-order valence-corrected chi connectivity index (χ4v) is 3.82. The van der Waals surface area contributed by atoms with Crippen LogP contribution >= 0.6 is 0 Å². The predicted octanol–water partition coefficient (Wildman–Crippen LogP) is 0.608. The van der Waals surface area contributed by atoms with Crippen molar-refractivity contribution in [2.75, 3.05) is 0 Å². The van der Waals surface area contributed by atoms with E-state index >= 15 is 0 Å². The molecule has 5 heteroatoms. The second kappa shape index (κ2) is 3.53. The minimum absolute atomic E-state index is 0.370. The number of carbonyl (C=O) groups is 1. The lowest BCUT2D eigenvalue weighted by molar-refractivity contribution is -0.119. The number of sulfone groups is 1. The number of amides is 1. The first-order valence-corrected chi connectivity index (χ1v) is 6.38. The third-order valence-electron chi connectivity index (χ3n) is 3.05. The molecule has 0 aromatic carbocycles. The molecular weight excluding hydrogens is 202 g/mol. The molecule has 1 aliphatic carbocycles. The van der Waals surface area contributed by atoms with Gasteiger partial charge in [0.1, 0.15) is 4.75 Å². The second-order valence-corrected chi connectivity index (χ2v) is 7.10. The fraction of sp³-hybridized carbons (Fsp3) is 0.889. The van der Waals surface area contributed by atoms with Gasteiger partial charge in [-0.05, 0) is 26.7 Å². The molecule has 0 unspecified atom stereocenters. The summed E-state index contributed by atoms with van der Waals surface area (Å²) in [5, 5.41) is -0.370. The molecule has 1 fully saturated rings. The van der Waals surface area contributed by atoms with E-state index in [0.29, 0.717) is 12.8 Å². The monoisotopic (exact) mass is 219 g/mol. The number of carbonyl (C=O) groups excluding carboxylic acids is 1. The maximum absolute atomic E-state index is 12.0. The average Bonchev–Trinajstić information content (AvgIpc) is 2.55. The summed E-state index contributed by atoms with van der Waals surface area (Å²) in [6, 6.07) is 0. The first-order valence-electron chi connectivity index (χ1n) is 4.83. The lowest BCUT2D eigenvalue weighted by Gasteiger charge is -2.24. The van der Waals surface area contributed by atoms with Gasteiger partial charge in [0.2, 0.25) is 5.91 Å². The molecule has 0 aliphatic heterocycles. The van der Waals surface area contributed by atoms with Crippen LogP contribution in [0.2, 0.25) is 0 Å². The van der Waals surface area contributed by atoms with E-state index in [0.717, 1.165) is 12.8 Å². The third-order valence-corrected chi connectivity index (χ3v) is 6.02. The maximum atomic E-state index is 12.0. The minimum atomic E-state index is -3.41. The van der Waals surface area contributed by atoms with Gasteiger partial charge in [-0.2, -0.15) is 0 Å². The van der Waals surface area contributed by atoms with E-state index in [1.165, 1.54) is 13.8 Å². The Morgan fingerprint density at radius 1 is 1.29 bits per heavy atom. The summed E-state index contributed by atoms with van der Waals surface area (Å²) in [5.41, 5.74) is 5.11. The molecule has 1 rings (SSSR count). The first-order chi connectivity index (χ1) is 6.30. The molecular formula is C9H17NO3S. The molecule has 0 aromatic rings. The Hall–Kier alpha value is -0.580. The van der Waals surface area contributed by atoms with Crippen molar-refractivity contribution in [3.8, 4) is 0 Å². The van der Waals surface area contributed by atoms with Crippen LogP contribution in [0.4, 0.5) is 0 Å². The van der Waals surface area contributed by atoms with Gasteiger partial charge in [0.25, 0.3) is 0 Å². The molecule has 14 heavy (non-hydrogen) atoms. The zero-order valence-corrected chi connectivity index (χ0v) is 9.43. The van der Waals surface area contributed by atoms with Crippen molar-refractivity contribution < 1.29 is 13.2 Å². The fourth-order valence-electron chi connectivity index (χ4n) is 1.76. The number of hydrogen-bond donors (Lipinski definition) is 1. The van der Waals surface area contributed by atoms with Crippen LogP contribution in [0.3, 0.4) is 0 Å². The van der Waals surface area contributed by atoms with Crippen molar-refractivity contribution in [3.05, 3.63) is 0 Å². The van der Waals surface area contributed by atoms with Crippen LogP contribution in [0.25, 0.3) is 0 Å². The van der Waals surface area contributed by atoms with Crippen LogP contribution in [-0.4, -0.2) is 24.3 Å². The van der Waals surface area contributed by atoms with E-state index in [-0.39, 0.29) is 5.25 Å². The Balaban J connectivity index is 3.00. The average molecular weight is 219 g/mol. The van der Waals surface area contributed by atoms with Gasteiger partial charge in [-0.3, -0.25) is 4.79 Å². The Kier molecular flexibility index (Phi) is 2.90. The molecule has 82 valence electrons. The summed E-state index contributed by atoms with van der Waals surface area (Å²) in [6.07, 6.45) is 3.19. The van der Waals surface area contributed by atoms with E-state index in [9.17, 15) is 13.2 Å². The first kappa shape index (κ1) is 11.5. The maximum Gasteiger partial charge on any atom is 0.238 e. The van der Waals surface area contributed by atoms with Gasteiger partial charge in [-0.15, -0.1) is 0 Å². The summed E-state index contributed by atoms with van der Waals surface area (Å²) < 4.78 is 22.6. The lowest BCUT2D eigenvalue weighted by Crippen LogP contribution is -2.48. The van der Waals surface area contributed by atoms with Gasteiger partial charge >= 0.3 is 0 Å². The minimum Gasteiger partial charge on any atom is -0.368 e. The van der Waals surface area contributed by atoms with Crippen molar-refractivity contribution in [1.29, 1.82) is 0 Å². The van der Waals surface area contributed by atoms with Gasteiger partial charge in [0, 0.05) is 0 Å². The van der Waals surface area contributed by atoms with Gasteiger partial charge < -0.3 is 5.73 Å². The van der Waals surface area contributed by atoms with E-state index < -0.39 is 20.5 Å². The molecule has 0 heterocycles. The van der Waals surface area contributed by atoms with Crippen molar-refractivity contribution >= 4 is 15.7 Å². The van der Waals surface area contributed by atoms with Crippen molar-refractivity contribution in [3.63, 3.8) is 0 Å². The predicted molar refractivity (Wildman–Crippen MR) is 54.4 cm³/mol. The van der Waals surface area contributed by atoms with E-state index in [4.69, 9.17) is 5.73 Å². The van der Waals surface area contributed by atoms with Crippen LogP contribution in [0.5, 0.6) is 0 Å². The van der Waals surface area contributed by atoms with Crippen LogP contribution in [0.15, 0.2) is 0 Å². The van der Waals surface area contributed by atoms with Crippen LogP contribution < -0.4 is 5.73 Å². The number of hydrogen-bond acceptors (Lipinski definition) is 3. The van der Waals surface area contributed by atoms with E-state index in [1.807, 2.05) is 0 Å². The molecule has 0 atom stereocenters. The standard InChI is InChI=1S/C9H17NO3S/c1-9(2,8(10)11)14(12,13)7-5-3-4-6-7/h7H,3-6H2,1-2H3,(H2,10,11). The Bertz CT molecular complexity index is 326. The Morgan fingerprint density at radius 2 is 1.71 bits per heavy atom. The lowest BCUT2D eigenvalue weighted by atomic mass is 10.2. The molecule has 0 spiro atoms. The summed E-state index contributed by atoms with van der Waals surface area (Å²) in [5.74, 6) is -0.760. The summed E-state index contributed by atoms with van der Waals surface area (Å²) in [4.78, 5) is 11.1. The largest absolute Gasteiger partial charge is 0.368 e. The Morgan fingerprint density at radius 3 is 2.07 bits per heavy atom. The molecule has 1 saturated carbocycles. The van der Waals surface area contributed by atoms with Crippen LogP contribution in [0, 0.1) is 0 Å². The highest BCUT2D eigenvalue weighted by Gasteiger charge is 2.45. The zero-order valence-electron chi connectivity index (χ0n) is 8.62. The molecule has 2 N–H and O–H groups in total. The smallest absolute Gasteiger partial charge is 0.238 e. The van der Waals surface area contributed by atoms with Crippen LogP contribution in [-0.2, 0) is 14.6 Å². The second-order valence-electron chi connectivity index (χ2n) is 4.33. The highest BCUT2D eigenvalue weighted by atomic mass is 32.2. The van der Waals surface area contributed by atoms with E-state index in [1.54, 1.807) is 0 Å². The molecule has 4 nitrogen and oxygen atoms in total. The van der Waals surface area contributed by atoms with E-state index in [2.05, 4.69) is 0 Å². The summed E-state index contributed by atoms with van der Waals surface area (Å²) >= 11 is 0. The number of rotatable bonds is 3. The van der Waals surface area contributed by atoms with Crippen molar-refractivity contribution in [1.82, 2.24) is 0 Å². The number of nitrogens with two attached hydrogens (primary N) is 1. The van der Waals surface area contributed by atoms with Crippen molar-refractivity contribution in [2.45, 2.75) is 49.5 Å². The highest BCUT2D eigenvalue weighted by Crippen LogP contribution is 2.31.